The van der Waals surface area contributed by atoms with Gasteiger partial charge in [0.25, 0.3) is 0 Å². The molecule has 0 radical (unpaired) electrons. The quantitative estimate of drug-likeness (QED) is 0.531. The van der Waals surface area contributed by atoms with Crippen LogP contribution in [0.5, 0.6) is 0 Å². The van der Waals surface area contributed by atoms with Crippen molar-refractivity contribution in [2.45, 2.75) is 20.4 Å². The lowest BCUT2D eigenvalue weighted by atomic mass is 10.1. The molecule has 1 aromatic carbocycles. The van der Waals surface area contributed by atoms with Gasteiger partial charge in [0, 0.05) is 63.0 Å². The van der Waals surface area contributed by atoms with Crippen LogP contribution < -0.4 is 4.31 Å². The highest BCUT2D eigenvalue weighted by Crippen LogP contribution is 2.29. The molecule has 0 atom stereocenters. The molecule has 33 heavy (non-hydrogen) atoms. The van der Waals surface area contributed by atoms with Gasteiger partial charge in [-0.15, -0.1) is 0 Å². The number of benzene rings is 1. The number of rotatable bonds is 6. The molecule has 0 saturated carbocycles. The van der Waals surface area contributed by atoms with E-state index in [2.05, 4.69) is 4.90 Å². The number of amides is 1. The fourth-order valence-electron chi connectivity index (χ4n) is 4.26. The first-order valence-electron chi connectivity index (χ1n) is 10.9. The van der Waals surface area contributed by atoms with Crippen LogP contribution in [0.2, 0.25) is 5.02 Å². The third-order valence-electron chi connectivity index (χ3n) is 5.99. The lowest BCUT2D eigenvalue weighted by molar-refractivity contribution is -0.130. The van der Waals surface area contributed by atoms with Gasteiger partial charge < -0.3 is 4.90 Å². The molecule has 1 saturated heterocycles. The van der Waals surface area contributed by atoms with Gasteiger partial charge in [0.15, 0.2) is 0 Å². The van der Waals surface area contributed by atoms with E-state index in [9.17, 15) is 13.2 Å². The largest absolute Gasteiger partial charge is 0.340 e. The molecule has 0 aliphatic carbocycles. The molecule has 0 N–H and O–H groups in total. The van der Waals surface area contributed by atoms with Gasteiger partial charge in [0.05, 0.1) is 23.3 Å². The number of aromatic nitrogens is 2. The summed E-state index contributed by atoms with van der Waals surface area (Å²) in [4.78, 5) is 20.7. The Bertz CT molecular complexity index is 1270. The van der Waals surface area contributed by atoms with Crippen LogP contribution >= 0.6 is 11.6 Å². The van der Waals surface area contributed by atoms with E-state index in [0.29, 0.717) is 36.9 Å². The molecule has 0 bridgehead atoms. The van der Waals surface area contributed by atoms with Crippen LogP contribution in [-0.4, -0.2) is 72.5 Å². The van der Waals surface area contributed by atoms with E-state index in [0.717, 1.165) is 35.7 Å². The van der Waals surface area contributed by atoms with E-state index in [1.54, 1.807) is 13.0 Å². The first-order valence-corrected chi connectivity index (χ1v) is 13.1. The second kappa shape index (κ2) is 9.32. The van der Waals surface area contributed by atoms with Gasteiger partial charge >= 0.3 is 0 Å². The minimum atomic E-state index is -3.40. The van der Waals surface area contributed by atoms with Crippen LogP contribution in [0.25, 0.3) is 16.9 Å². The number of hydrogen-bond donors (Lipinski definition) is 0. The highest BCUT2D eigenvalue weighted by Gasteiger charge is 2.23. The molecule has 176 valence electrons. The summed E-state index contributed by atoms with van der Waals surface area (Å²) in [7, 11) is -3.40. The third kappa shape index (κ3) is 5.00. The minimum Gasteiger partial charge on any atom is -0.340 e. The molecule has 1 aliphatic heterocycles. The Labute approximate surface area is 199 Å². The van der Waals surface area contributed by atoms with Crippen molar-refractivity contribution in [1.29, 1.82) is 0 Å². The van der Waals surface area contributed by atoms with Gasteiger partial charge in [-0.1, -0.05) is 23.7 Å². The second-order valence-electron chi connectivity index (χ2n) is 8.24. The van der Waals surface area contributed by atoms with Crippen LogP contribution in [0, 0.1) is 0 Å². The van der Waals surface area contributed by atoms with Crippen molar-refractivity contribution in [3.8, 4) is 11.3 Å². The number of sulfonamides is 1. The normalized spacial score (nSPS) is 15.2. The molecule has 3 heterocycles. The second-order valence-corrected chi connectivity index (χ2v) is 10.6. The molecule has 1 amide bonds. The monoisotopic (exact) mass is 489 g/mol. The molecule has 2 aromatic heterocycles. The molecule has 0 unspecified atom stereocenters. The first-order chi connectivity index (χ1) is 15.7. The lowest BCUT2D eigenvalue weighted by Crippen LogP contribution is -2.47. The van der Waals surface area contributed by atoms with Gasteiger partial charge in [-0.3, -0.25) is 18.4 Å². The predicted octanol–water partition coefficient (Wildman–Crippen LogP) is 3.10. The van der Waals surface area contributed by atoms with Gasteiger partial charge in [-0.25, -0.2) is 13.4 Å². The number of piperazine rings is 1. The Balaban J connectivity index is 1.78. The van der Waals surface area contributed by atoms with Crippen LogP contribution in [0.1, 0.15) is 19.5 Å². The molecule has 1 fully saturated rings. The SMILES string of the molecule is CCN(c1ccc2nc(-c3ccc(Cl)cc3)c(CN3CCN(C(C)=O)CC3)n2c1)S(C)(=O)=O. The number of pyridine rings is 1. The highest BCUT2D eigenvalue weighted by atomic mass is 35.5. The zero-order chi connectivity index (χ0) is 23.8. The minimum absolute atomic E-state index is 0.0939. The van der Waals surface area contributed by atoms with E-state index in [-0.39, 0.29) is 5.91 Å². The van der Waals surface area contributed by atoms with Crippen LogP contribution in [0.3, 0.4) is 0 Å². The van der Waals surface area contributed by atoms with Crippen molar-refractivity contribution in [3.05, 3.63) is 53.3 Å². The standard InChI is InChI=1S/C23H28ClN5O3S/c1-4-29(33(3,31)32)20-9-10-22-25-23(18-5-7-19(24)8-6-18)21(28(22)15-20)16-26-11-13-27(14-12-26)17(2)30/h5-10,15H,4,11-14,16H2,1-3H3. The summed E-state index contributed by atoms with van der Waals surface area (Å²) >= 11 is 6.10. The van der Waals surface area contributed by atoms with Gasteiger partial charge in [-0.2, -0.15) is 0 Å². The summed E-state index contributed by atoms with van der Waals surface area (Å²) in [5.74, 6) is 0.0939. The molecule has 0 spiro atoms. The lowest BCUT2D eigenvalue weighted by Gasteiger charge is -2.34. The molecule has 1 aliphatic rings. The summed E-state index contributed by atoms with van der Waals surface area (Å²) in [5.41, 5.74) is 4.08. The predicted molar refractivity (Wildman–Crippen MR) is 131 cm³/mol. The molecule has 8 nitrogen and oxygen atoms in total. The molecular formula is C23H28ClN5O3S. The molecule has 4 rings (SSSR count). The summed E-state index contributed by atoms with van der Waals surface area (Å²) in [6, 6.07) is 11.2. The number of halogens is 1. The average Bonchev–Trinajstić information content (AvgIpc) is 3.12. The maximum atomic E-state index is 12.3. The third-order valence-corrected chi connectivity index (χ3v) is 7.51. The fourth-order valence-corrected chi connectivity index (χ4v) is 5.35. The van der Waals surface area contributed by atoms with Gasteiger partial charge in [0.1, 0.15) is 5.65 Å². The highest BCUT2D eigenvalue weighted by molar-refractivity contribution is 7.92. The maximum absolute atomic E-state index is 12.3. The zero-order valence-electron chi connectivity index (χ0n) is 19.0. The van der Waals surface area contributed by atoms with Crippen molar-refractivity contribution < 1.29 is 13.2 Å². The summed E-state index contributed by atoms with van der Waals surface area (Å²) in [5, 5.41) is 0.651. The topological polar surface area (TPSA) is 78.2 Å². The number of hydrogen-bond acceptors (Lipinski definition) is 5. The van der Waals surface area contributed by atoms with E-state index in [1.165, 1.54) is 10.6 Å². The van der Waals surface area contributed by atoms with Gasteiger partial charge in [-0.05, 0) is 31.2 Å². The van der Waals surface area contributed by atoms with Crippen molar-refractivity contribution >= 4 is 38.9 Å². The molecule has 10 heteroatoms. The smallest absolute Gasteiger partial charge is 0.232 e. The van der Waals surface area contributed by atoms with Crippen LogP contribution in [0.4, 0.5) is 5.69 Å². The Morgan fingerprint density at radius 3 is 2.33 bits per heavy atom. The van der Waals surface area contributed by atoms with Crippen molar-refractivity contribution in [3.63, 3.8) is 0 Å². The number of carbonyl (C=O) groups excluding carboxylic acids is 1. The van der Waals surface area contributed by atoms with E-state index in [4.69, 9.17) is 16.6 Å². The van der Waals surface area contributed by atoms with E-state index >= 15 is 0 Å². The van der Waals surface area contributed by atoms with Gasteiger partial charge in [0.2, 0.25) is 15.9 Å². The summed E-state index contributed by atoms with van der Waals surface area (Å²) in [6.45, 7) is 7.27. The average molecular weight is 490 g/mol. The van der Waals surface area contributed by atoms with Crippen LogP contribution in [-0.2, 0) is 21.4 Å². The number of carbonyl (C=O) groups is 1. The maximum Gasteiger partial charge on any atom is 0.232 e. The number of imidazole rings is 1. The summed E-state index contributed by atoms with van der Waals surface area (Å²) < 4.78 is 27.9. The number of anilines is 1. The van der Waals surface area contributed by atoms with Crippen LogP contribution in [0.15, 0.2) is 42.6 Å². The Morgan fingerprint density at radius 2 is 1.76 bits per heavy atom. The first kappa shape index (κ1) is 23.5. The van der Waals surface area contributed by atoms with E-state index < -0.39 is 10.0 Å². The molecular weight excluding hydrogens is 462 g/mol. The Kier molecular flexibility index (Phi) is 6.65. The van der Waals surface area contributed by atoms with Crippen molar-refractivity contribution in [1.82, 2.24) is 19.2 Å². The van der Waals surface area contributed by atoms with E-state index in [1.807, 2.05) is 52.8 Å². The van der Waals surface area contributed by atoms with Crippen molar-refractivity contribution in [2.75, 3.05) is 43.3 Å². The van der Waals surface area contributed by atoms with Crippen molar-refractivity contribution in [2.24, 2.45) is 0 Å². The summed E-state index contributed by atoms with van der Waals surface area (Å²) in [6.07, 6.45) is 3.05. The number of nitrogens with zero attached hydrogens (tertiary/aromatic N) is 5. The molecule has 3 aromatic rings. The Morgan fingerprint density at radius 1 is 1.09 bits per heavy atom. The fraction of sp³-hybridized carbons (Fsp3) is 0.391. The zero-order valence-corrected chi connectivity index (χ0v) is 20.6. The Hall–Kier alpha value is -2.62. The number of fused-ring (bicyclic) bond motifs is 1.